The summed E-state index contributed by atoms with van der Waals surface area (Å²) in [6.45, 7) is 0.245. The van der Waals surface area contributed by atoms with Gasteiger partial charge in [-0.05, 0) is 53.6 Å². The first-order valence-electron chi connectivity index (χ1n) is 9.23. The maximum absolute atomic E-state index is 12.4. The second-order valence-electron chi connectivity index (χ2n) is 6.44. The third-order valence-electron chi connectivity index (χ3n) is 4.23. The van der Waals surface area contributed by atoms with Crippen LogP contribution in [0.15, 0.2) is 72.3 Å². The van der Waals surface area contributed by atoms with Crippen molar-refractivity contribution in [2.75, 3.05) is 12.4 Å². The highest BCUT2D eigenvalue weighted by Crippen LogP contribution is 2.37. The first kappa shape index (κ1) is 22.2. The molecule has 0 saturated heterocycles. The molecule has 156 valence electrons. The Morgan fingerprint density at radius 3 is 2.55 bits per heavy atom. The normalized spacial score (nSPS) is 10.8. The van der Waals surface area contributed by atoms with Gasteiger partial charge in [-0.15, -0.1) is 0 Å². The fraction of sp³-hybridized carbons (Fsp3) is 0.0833. The number of benzene rings is 3. The number of nitrogens with zero attached hydrogens (tertiary/aromatic N) is 1. The summed E-state index contributed by atoms with van der Waals surface area (Å²) in [5.41, 5.74) is 1.92. The Kier molecular flexibility index (Phi) is 7.55. The van der Waals surface area contributed by atoms with E-state index in [1.807, 2.05) is 24.3 Å². The number of anilines is 1. The quantitative estimate of drug-likeness (QED) is 0.345. The molecule has 0 aliphatic rings. The van der Waals surface area contributed by atoms with E-state index in [2.05, 4.69) is 5.32 Å². The van der Waals surface area contributed by atoms with Crippen LogP contribution in [0.1, 0.15) is 11.1 Å². The molecule has 0 saturated carbocycles. The summed E-state index contributed by atoms with van der Waals surface area (Å²) in [6, 6.07) is 21.3. The number of nitriles is 1. The highest BCUT2D eigenvalue weighted by atomic mass is 35.5. The molecular weight excluding hydrogens is 435 g/mol. The number of para-hydroxylation sites is 1. The van der Waals surface area contributed by atoms with E-state index in [1.165, 1.54) is 13.2 Å². The number of methoxy groups -OCH3 is 1. The fourth-order valence-electron chi connectivity index (χ4n) is 2.78. The SMILES string of the molecule is COc1cc(/C=C(\C#N)C(=O)Nc2ccccc2)cc(Cl)c1OCc1cccc(Cl)c1. The molecule has 31 heavy (non-hydrogen) atoms. The monoisotopic (exact) mass is 452 g/mol. The Bertz CT molecular complexity index is 1160. The molecular formula is C24H18Cl2N2O3. The molecule has 0 spiro atoms. The molecule has 1 amide bonds. The molecule has 3 aromatic rings. The third-order valence-corrected chi connectivity index (χ3v) is 4.75. The minimum atomic E-state index is -0.523. The standard InChI is InChI=1S/C24H18Cl2N2O3/c1-30-22-13-17(10-18(14-27)24(29)28-20-8-3-2-4-9-20)12-21(26)23(22)31-15-16-6-5-7-19(25)11-16/h2-13H,15H2,1H3,(H,28,29)/b18-10+. The predicted octanol–water partition coefficient (Wildman–Crippen LogP) is 6.13. The van der Waals surface area contributed by atoms with Crippen LogP contribution in [0.2, 0.25) is 10.0 Å². The molecule has 0 radical (unpaired) electrons. The van der Waals surface area contributed by atoms with Crippen molar-refractivity contribution in [3.05, 3.63) is 93.5 Å². The number of hydrogen-bond donors (Lipinski definition) is 1. The van der Waals surface area contributed by atoms with Crippen LogP contribution in [0.3, 0.4) is 0 Å². The van der Waals surface area contributed by atoms with E-state index in [1.54, 1.807) is 48.5 Å². The van der Waals surface area contributed by atoms with Crippen LogP contribution < -0.4 is 14.8 Å². The Hall–Kier alpha value is -3.46. The first-order chi connectivity index (χ1) is 15.0. The zero-order chi connectivity index (χ0) is 22.2. The topological polar surface area (TPSA) is 71.3 Å². The van der Waals surface area contributed by atoms with Crippen LogP contribution in [0.4, 0.5) is 5.69 Å². The average molecular weight is 453 g/mol. The second kappa shape index (κ2) is 10.5. The van der Waals surface area contributed by atoms with E-state index < -0.39 is 5.91 Å². The Morgan fingerprint density at radius 1 is 1.10 bits per heavy atom. The maximum Gasteiger partial charge on any atom is 0.266 e. The van der Waals surface area contributed by atoms with Gasteiger partial charge >= 0.3 is 0 Å². The first-order valence-corrected chi connectivity index (χ1v) is 9.98. The lowest BCUT2D eigenvalue weighted by molar-refractivity contribution is -0.112. The molecule has 0 unspecified atom stereocenters. The molecule has 0 aromatic heterocycles. The smallest absolute Gasteiger partial charge is 0.266 e. The summed E-state index contributed by atoms with van der Waals surface area (Å²) in [6.07, 6.45) is 1.44. The minimum absolute atomic E-state index is 0.0745. The van der Waals surface area contributed by atoms with Crippen molar-refractivity contribution in [3.8, 4) is 17.6 Å². The van der Waals surface area contributed by atoms with Crippen molar-refractivity contribution in [2.24, 2.45) is 0 Å². The molecule has 0 aliphatic heterocycles. The minimum Gasteiger partial charge on any atom is -0.493 e. The number of carbonyl (C=O) groups is 1. The Labute approximate surface area is 190 Å². The van der Waals surface area contributed by atoms with Crippen molar-refractivity contribution >= 4 is 40.9 Å². The molecule has 0 bridgehead atoms. The van der Waals surface area contributed by atoms with Gasteiger partial charge in [-0.25, -0.2) is 0 Å². The molecule has 3 rings (SSSR count). The van der Waals surface area contributed by atoms with Gasteiger partial charge in [-0.1, -0.05) is 53.5 Å². The van der Waals surface area contributed by atoms with Crippen LogP contribution in [-0.4, -0.2) is 13.0 Å². The largest absolute Gasteiger partial charge is 0.493 e. The van der Waals surface area contributed by atoms with Gasteiger partial charge in [0, 0.05) is 10.7 Å². The average Bonchev–Trinajstić information content (AvgIpc) is 2.77. The molecule has 5 nitrogen and oxygen atoms in total. The van der Waals surface area contributed by atoms with Gasteiger partial charge in [0.2, 0.25) is 0 Å². The zero-order valence-corrected chi connectivity index (χ0v) is 18.1. The second-order valence-corrected chi connectivity index (χ2v) is 7.29. The summed E-state index contributed by atoms with van der Waals surface area (Å²) in [7, 11) is 1.48. The zero-order valence-electron chi connectivity index (χ0n) is 16.6. The highest BCUT2D eigenvalue weighted by molar-refractivity contribution is 6.32. The van der Waals surface area contributed by atoms with Crippen LogP contribution in [0.25, 0.3) is 6.08 Å². The van der Waals surface area contributed by atoms with Gasteiger partial charge < -0.3 is 14.8 Å². The summed E-state index contributed by atoms with van der Waals surface area (Å²) in [5.74, 6) is 0.208. The van der Waals surface area contributed by atoms with E-state index in [0.29, 0.717) is 27.8 Å². The molecule has 0 heterocycles. The van der Waals surface area contributed by atoms with E-state index >= 15 is 0 Å². The number of halogens is 2. The van der Waals surface area contributed by atoms with Gasteiger partial charge in [0.25, 0.3) is 5.91 Å². The van der Waals surface area contributed by atoms with Gasteiger partial charge in [0.05, 0.1) is 12.1 Å². The molecule has 0 aliphatic carbocycles. The van der Waals surface area contributed by atoms with Crippen LogP contribution >= 0.6 is 23.2 Å². The molecule has 0 fully saturated rings. The van der Waals surface area contributed by atoms with Crippen molar-refractivity contribution < 1.29 is 14.3 Å². The lowest BCUT2D eigenvalue weighted by atomic mass is 10.1. The predicted molar refractivity (Wildman–Crippen MR) is 122 cm³/mol. The summed E-state index contributed by atoms with van der Waals surface area (Å²) in [5, 5.41) is 13.0. The van der Waals surface area contributed by atoms with Crippen molar-refractivity contribution in [1.82, 2.24) is 0 Å². The van der Waals surface area contributed by atoms with E-state index in [9.17, 15) is 10.1 Å². The fourth-order valence-corrected chi connectivity index (χ4v) is 3.27. The van der Waals surface area contributed by atoms with Crippen LogP contribution in [-0.2, 0) is 11.4 Å². The highest BCUT2D eigenvalue weighted by Gasteiger charge is 2.14. The number of ether oxygens (including phenoxy) is 2. The van der Waals surface area contributed by atoms with E-state index in [4.69, 9.17) is 32.7 Å². The van der Waals surface area contributed by atoms with Gasteiger partial charge in [0.15, 0.2) is 11.5 Å². The van der Waals surface area contributed by atoms with Gasteiger partial charge in [0.1, 0.15) is 18.2 Å². The van der Waals surface area contributed by atoms with E-state index in [-0.39, 0.29) is 17.2 Å². The number of carbonyl (C=O) groups excluding carboxylic acids is 1. The summed E-state index contributed by atoms with van der Waals surface area (Å²) >= 11 is 12.4. The molecule has 0 atom stereocenters. The lowest BCUT2D eigenvalue weighted by Gasteiger charge is -2.14. The van der Waals surface area contributed by atoms with Gasteiger partial charge in [-0.2, -0.15) is 5.26 Å². The molecule has 1 N–H and O–H groups in total. The number of nitrogens with one attached hydrogen (secondary N) is 1. The van der Waals surface area contributed by atoms with Gasteiger partial charge in [-0.3, -0.25) is 4.79 Å². The van der Waals surface area contributed by atoms with Crippen molar-refractivity contribution in [3.63, 3.8) is 0 Å². The van der Waals surface area contributed by atoms with Crippen LogP contribution in [0, 0.1) is 11.3 Å². The Morgan fingerprint density at radius 2 is 1.87 bits per heavy atom. The van der Waals surface area contributed by atoms with E-state index in [0.717, 1.165) is 5.56 Å². The summed E-state index contributed by atoms with van der Waals surface area (Å²) < 4.78 is 11.2. The lowest BCUT2D eigenvalue weighted by Crippen LogP contribution is -2.13. The number of hydrogen-bond acceptors (Lipinski definition) is 4. The molecule has 7 heteroatoms. The summed E-state index contributed by atoms with van der Waals surface area (Å²) in [4.78, 5) is 12.4. The Balaban J connectivity index is 1.82. The number of amides is 1. The molecule has 3 aromatic carbocycles. The van der Waals surface area contributed by atoms with Crippen LogP contribution in [0.5, 0.6) is 11.5 Å². The van der Waals surface area contributed by atoms with Crippen molar-refractivity contribution in [1.29, 1.82) is 5.26 Å². The number of rotatable bonds is 7. The third kappa shape index (κ3) is 6.02. The van der Waals surface area contributed by atoms with Crippen molar-refractivity contribution in [2.45, 2.75) is 6.61 Å². The maximum atomic E-state index is 12.4.